The molecule has 0 aliphatic heterocycles. The van der Waals surface area contributed by atoms with Gasteiger partial charge in [-0.05, 0) is 48.2 Å². The van der Waals surface area contributed by atoms with E-state index in [4.69, 9.17) is 10.2 Å². The Hall–Kier alpha value is -2.00. The van der Waals surface area contributed by atoms with Crippen LogP contribution in [0.1, 0.15) is 23.7 Å². The summed E-state index contributed by atoms with van der Waals surface area (Å²) in [5, 5.41) is 28.3. The van der Waals surface area contributed by atoms with Crippen LogP contribution in [0.15, 0.2) is 48.5 Å². The van der Waals surface area contributed by atoms with Crippen LogP contribution in [0.4, 0.5) is 0 Å². The summed E-state index contributed by atoms with van der Waals surface area (Å²) in [6, 6.07) is 13.5. The second-order valence-electron chi connectivity index (χ2n) is 4.31. The normalized spacial score (nSPS) is 12.3. The molecule has 0 saturated carbocycles. The third kappa shape index (κ3) is 3.25. The van der Waals surface area contributed by atoms with Crippen molar-refractivity contribution < 1.29 is 15.3 Å². The van der Waals surface area contributed by atoms with E-state index in [0.29, 0.717) is 6.42 Å². The minimum absolute atomic E-state index is 0.199. The smallest absolute Gasteiger partial charge is 0.115 e. The number of aryl methyl sites for hydroxylation is 1. The molecule has 3 N–H and O–H groups in total. The zero-order chi connectivity index (χ0) is 13.0. The van der Waals surface area contributed by atoms with Crippen LogP contribution in [0.5, 0.6) is 11.5 Å². The first-order valence-corrected chi connectivity index (χ1v) is 5.90. The molecule has 2 aromatic rings. The average molecular weight is 244 g/mol. The number of aliphatic hydroxyl groups is 1. The molecule has 94 valence electrons. The van der Waals surface area contributed by atoms with E-state index in [2.05, 4.69) is 0 Å². The molecule has 2 aromatic carbocycles. The largest absolute Gasteiger partial charge is 0.508 e. The minimum Gasteiger partial charge on any atom is -0.508 e. The summed E-state index contributed by atoms with van der Waals surface area (Å²) < 4.78 is 0. The van der Waals surface area contributed by atoms with E-state index in [0.717, 1.165) is 17.5 Å². The molecular formula is C15H16O3. The van der Waals surface area contributed by atoms with Gasteiger partial charge in [-0.25, -0.2) is 0 Å². The van der Waals surface area contributed by atoms with Gasteiger partial charge < -0.3 is 15.3 Å². The molecule has 3 heteroatoms. The highest BCUT2D eigenvalue weighted by Gasteiger charge is 2.07. The number of phenolic OH excluding ortho intramolecular Hbond substituents is 2. The van der Waals surface area contributed by atoms with Crippen LogP contribution in [0.3, 0.4) is 0 Å². The monoisotopic (exact) mass is 244 g/mol. The lowest BCUT2D eigenvalue weighted by Crippen LogP contribution is -1.99. The second kappa shape index (κ2) is 5.56. The van der Waals surface area contributed by atoms with Crippen LogP contribution in [-0.4, -0.2) is 15.3 Å². The van der Waals surface area contributed by atoms with Crippen molar-refractivity contribution in [2.45, 2.75) is 18.9 Å². The lowest BCUT2D eigenvalue weighted by molar-refractivity contribution is 0.168. The zero-order valence-corrected chi connectivity index (χ0v) is 9.95. The van der Waals surface area contributed by atoms with Gasteiger partial charge in [-0.3, -0.25) is 0 Å². The van der Waals surface area contributed by atoms with Gasteiger partial charge in [0.1, 0.15) is 11.5 Å². The molecular weight excluding hydrogens is 228 g/mol. The molecule has 0 amide bonds. The van der Waals surface area contributed by atoms with Crippen LogP contribution in [-0.2, 0) is 6.42 Å². The average Bonchev–Trinajstić information content (AvgIpc) is 2.38. The highest BCUT2D eigenvalue weighted by Crippen LogP contribution is 2.21. The maximum absolute atomic E-state index is 10.00. The number of hydrogen-bond acceptors (Lipinski definition) is 3. The molecule has 1 unspecified atom stereocenters. The van der Waals surface area contributed by atoms with Crippen molar-refractivity contribution in [3.05, 3.63) is 59.7 Å². The van der Waals surface area contributed by atoms with Crippen molar-refractivity contribution in [1.29, 1.82) is 0 Å². The summed E-state index contributed by atoms with van der Waals surface area (Å²) in [5.74, 6) is 0.447. The summed E-state index contributed by atoms with van der Waals surface area (Å²) in [7, 11) is 0. The number of hydrogen-bond donors (Lipinski definition) is 3. The molecule has 18 heavy (non-hydrogen) atoms. The van der Waals surface area contributed by atoms with Crippen LogP contribution < -0.4 is 0 Å². The molecule has 0 fully saturated rings. The van der Waals surface area contributed by atoms with Crippen LogP contribution >= 0.6 is 0 Å². The first-order valence-electron chi connectivity index (χ1n) is 5.90. The summed E-state index contributed by atoms with van der Waals surface area (Å²) in [6.45, 7) is 0. The first-order chi connectivity index (χ1) is 8.65. The van der Waals surface area contributed by atoms with Crippen LogP contribution in [0, 0.1) is 0 Å². The maximum Gasteiger partial charge on any atom is 0.115 e. The predicted octanol–water partition coefficient (Wildman–Crippen LogP) is 2.76. The lowest BCUT2D eigenvalue weighted by atomic mass is 10.0. The van der Waals surface area contributed by atoms with Gasteiger partial charge in [0, 0.05) is 0 Å². The Morgan fingerprint density at radius 3 is 1.83 bits per heavy atom. The number of rotatable bonds is 4. The lowest BCUT2D eigenvalue weighted by Gasteiger charge is -2.11. The van der Waals surface area contributed by atoms with E-state index in [-0.39, 0.29) is 11.5 Å². The fourth-order valence-corrected chi connectivity index (χ4v) is 1.83. The summed E-state index contributed by atoms with van der Waals surface area (Å²) in [6.07, 6.45) is 0.803. The molecule has 2 rings (SSSR count). The van der Waals surface area contributed by atoms with E-state index in [1.165, 1.54) is 0 Å². The van der Waals surface area contributed by atoms with E-state index < -0.39 is 6.10 Å². The Labute approximate surface area is 106 Å². The third-order valence-electron chi connectivity index (χ3n) is 2.92. The van der Waals surface area contributed by atoms with Crippen LogP contribution in [0.25, 0.3) is 0 Å². The Morgan fingerprint density at radius 1 is 0.778 bits per heavy atom. The van der Waals surface area contributed by atoms with E-state index in [1.54, 1.807) is 36.4 Å². The quantitative estimate of drug-likeness (QED) is 0.775. The van der Waals surface area contributed by atoms with Gasteiger partial charge in [0.25, 0.3) is 0 Å². The first kappa shape index (κ1) is 12.5. The molecule has 0 radical (unpaired) electrons. The fourth-order valence-electron chi connectivity index (χ4n) is 1.83. The highest BCUT2D eigenvalue weighted by atomic mass is 16.3. The highest BCUT2D eigenvalue weighted by molar-refractivity contribution is 5.28. The molecule has 0 aliphatic rings. The Bertz CT molecular complexity index is 488. The van der Waals surface area contributed by atoms with Gasteiger partial charge in [-0.2, -0.15) is 0 Å². The van der Waals surface area contributed by atoms with Gasteiger partial charge >= 0.3 is 0 Å². The zero-order valence-electron chi connectivity index (χ0n) is 9.95. The van der Waals surface area contributed by atoms with E-state index in [1.807, 2.05) is 12.1 Å². The van der Waals surface area contributed by atoms with Crippen molar-refractivity contribution in [3.8, 4) is 11.5 Å². The Kier molecular flexibility index (Phi) is 3.85. The fraction of sp³-hybridized carbons (Fsp3) is 0.200. The molecule has 3 nitrogen and oxygen atoms in total. The third-order valence-corrected chi connectivity index (χ3v) is 2.92. The van der Waals surface area contributed by atoms with Gasteiger partial charge in [0.05, 0.1) is 6.10 Å². The molecule has 0 aromatic heterocycles. The molecule has 0 aliphatic carbocycles. The maximum atomic E-state index is 10.00. The van der Waals surface area contributed by atoms with E-state index >= 15 is 0 Å². The summed E-state index contributed by atoms with van der Waals surface area (Å²) in [4.78, 5) is 0. The molecule has 0 bridgehead atoms. The SMILES string of the molecule is Oc1ccc(CCC(O)c2ccc(O)cc2)cc1. The van der Waals surface area contributed by atoms with Crippen molar-refractivity contribution in [2.24, 2.45) is 0 Å². The topological polar surface area (TPSA) is 60.7 Å². The second-order valence-corrected chi connectivity index (χ2v) is 4.31. The van der Waals surface area contributed by atoms with Gasteiger partial charge in [-0.15, -0.1) is 0 Å². The van der Waals surface area contributed by atoms with Crippen molar-refractivity contribution in [1.82, 2.24) is 0 Å². The van der Waals surface area contributed by atoms with Gasteiger partial charge in [-0.1, -0.05) is 24.3 Å². The molecule has 0 heterocycles. The Balaban J connectivity index is 1.93. The predicted molar refractivity (Wildman–Crippen MR) is 69.5 cm³/mol. The summed E-state index contributed by atoms with van der Waals surface area (Å²) >= 11 is 0. The van der Waals surface area contributed by atoms with Crippen molar-refractivity contribution >= 4 is 0 Å². The summed E-state index contributed by atoms with van der Waals surface area (Å²) in [5.41, 5.74) is 1.87. The van der Waals surface area contributed by atoms with Crippen LogP contribution in [0.2, 0.25) is 0 Å². The number of aliphatic hydroxyl groups excluding tert-OH is 1. The molecule has 0 spiro atoms. The number of benzene rings is 2. The standard InChI is InChI=1S/C15H16O3/c16-13-6-1-11(2-7-13)3-10-15(18)12-4-8-14(17)9-5-12/h1-2,4-9,15-18H,3,10H2. The van der Waals surface area contributed by atoms with Crippen molar-refractivity contribution in [3.63, 3.8) is 0 Å². The Morgan fingerprint density at radius 2 is 1.28 bits per heavy atom. The van der Waals surface area contributed by atoms with Gasteiger partial charge in [0.15, 0.2) is 0 Å². The molecule has 0 saturated heterocycles. The van der Waals surface area contributed by atoms with Crippen molar-refractivity contribution in [2.75, 3.05) is 0 Å². The minimum atomic E-state index is -0.542. The van der Waals surface area contributed by atoms with Gasteiger partial charge in [0.2, 0.25) is 0 Å². The van der Waals surface area contributed by atoms with E-state index in [9.17, 15) is 5.11 Å². The number of phenols is 2. The number of aromatic hydroxyl groups is 2. The molecule has 1 atom stereocenters.